The summed E-state index contributed by atoms with van der Waals surface area (Å²) < 4.78 is 5.24. The predicted molar refractivity (Wildman–Crippen MR) is 118 cm³/mol. The SMILES string of the molecule is CCCN(CCC)C(=O)c1ccc(N2CCN(c3ccc(OC)cc3)CC2)cn1. The number of nitrogens with zero attached hydrogens (tertiary/aromatic N) is 4. The summed E-state index contributed by atoms with van der Waals surface area (Å²) in [6.07, 6.45) is 3.76. The molecular weight excluding hydrogens is 364 g/mol. The molecule has 6 heteroatoms. The fourth-order valence-electron chi connectivity index (χ4n) is 3.73. The fraction of sp³-hybridized carbons (Fsp3) is 0.478. The minimum atomic E-state index is 0.0320. The summed E-state index contributed by atoms with van der Waals surface area (Å²) in [5, 5.41) is 0. The van der Waals surface area contributed by atoms with E-state index in [0.29, 0.717) is 5.69 Å². The van der Waals surface area contributed by atoms with Crippen LogP contribution in [0.1, 0.15) is 37.2 Å². The molecule has 0 aliphatic carbocycles. The molecule has 0 spiro atoms. The van der Waals surface area contributed by atoms with Crippen LogP contribution in [0, 0.1) is 0 Å². The topological polar surface area (TPSA) is 48.9 Å². The van der Waals surface area contributed by atoms with E-state index in [9.17, 15) is 4.79 Å². The van der Waals surface area contributed by atoms with Crippen molar-refractivity contribution in [1.29, 1.82) is 0 Å². The third kappa shape index (κ3) is 5.19. The number of hydrogen-bond donors (Lipinski definition) is 0. The fourth-order valence-corrected chi connectivity index (χ4v) is 3.73. The van der Waals surface area contributed by atoms with Gasteiger partial charge in [0.2, 0.25) is 0 Å². The molecule has 1 fully saturated rings. The Bertz CT molecular complexity index is 762. The van der Waals surface area contributed by atoms with E-state index < -0.39 is 0 Å². The number of amides is 1. The monoisotopic (exact) mass is 396 g/mol. The van der Waals surface area contributed by atoms with Crippen molar-refractivity contribution >= 4 is 17.3 Å². The number of pyridine rings is 1. The van der Waals surface area contributed by atoms with Gasteiger partial charge in [-0.15, -0.1) is 0 Å². The highest BCUT2D eigenvalue weighted by atomic mass is 16.5. The van der Waals surface area contributed by atoms with E-state index in [-0.39, 0.29) is 5.91 Å². The molecule has 1 aliphatic heterocycles. The number of hydrogen-bond acceptors (Lipinski definition) is 5. The molecule has 1 saturated heterocycles. The molecule has 1 aromatic heterocycles. The van der Waals surface area contributed by atoms with Crippen molar-refractivity contribution in [3.8, 4) is 5.75 Å². The van der Waals surface area contributed by atoms with Gasteiger partial charge < -0.3 is 19.4 Å². The first-order valence-electron chi connectivity index (χ1n) is 10.6. The van der Waals surface area contributed by atoms with E-state index in [1.807, 2.05) is 35.4 Å². The number of methoxy groups -OCH3 is 1. The number of ether oxygens (including phenoxy) is 1. The van der Waals surface area contributed by atoms with Crippen molar-refractivity contribution in [3.05, 3.63) is 48.3 Å². The zero-order valence-corrected chi connectivity index (χ0v) is 17.8. The van der Waals surface area contributed by atoms with Crippen LogP contribution in [0.25, 0.3) is 0 Å². The summed E-state index contributed by atoms with van der Waals surface area (Å²) in [7, 11) is 1.69. The van der Waals surface area contributed by atoms with Crippen LogP contribution < -0.4 is 14.5 Å². The highest BCUT2D eigenvalue weighted by molar-refractivity contribution is 5.92. The molecular formula is C23H32N4O2. The molecule has 0 saturated carbocycles. The summed E-state index contributed by atoms with van der Waals surface area (Å²) in [5.41, 5.74) is 2.83. The summed E-state index contributed by atoms with van der Waals surface area (Å²) in [6, 6.07) is 12.1. The molecule has 0 unspecified atom stereocenters. The van der Waals surface area contributed by atoms with Gasteiger partial charge in [-0.25, -0.2) is 4.98 Å². The van der Waals surface area contributed by atoms with Gasteiger partial charge in [-0.1, -0.05) is 13.8 Å². The highest BCUT2D eigenvalue weighted by Gasteiger charge is 2.19. The number of carbonyl (C=O) groups is 1. The maximum absolute atomic E-state index is 12.7. The third-order valence-corrected chi connectivity index (χ3v) is 5.32. The van der Waals surface area contributed by atoms with Gasteiger partial charge in [0.05, 0.1) is 19.0 Å². The summed E-state index contributed by atoms with van der Waals surface area (Å²) >= 11 is 0. The Balaban J connectivity index is 1.58. The molecule has 0 bridgehead atoms. The molecule has 3 rings (SSSR count). The lowest BCUT2D eigenvalue weighted by molar-refractivity contribution is 0.0749. The summed E-state index contributed by atoms with van der Waals surface area (Å²) in [4.78, 5) is 23.8. The van der Waals surface area contributed by atoms with Gasteiger partial charge in [-0.2, -0.15) is 0 Å². The average molecular weight is 397 g/mol. The largest absolute Gasteiger partial charge is 0.497 e. The number of carbonyl (C=O) groups excluding carboxylic acids is 1. The lowest BCUT2D eigenvalue weighted by atomic mass is 10.2. The molecule has 156 valence electrons. The summed E-state index contributed by atoms with van der Waals surface area (Å²) in [5.74, 6) is 0.911. The quantitative estimate of drug-likeness (QED) is 0.681. The van der Waals surface area contributed by atoms with Crippen molar-refractivity contribution in [1.82, 2.24) is 9.88 Å². The van der Waals surface area contributed by atoms with Gasteiger partial charge in [0.1, 0.15) is 11.4 Å². The Morgan fingerprint density at radius 3 is 1.97 bits per heavy atom. The van der Waals surface area contributed by atoms with Gasteiger partial charge in [-0.3, -0.25) is 4.79 Å². The molecule has 0 atom stereocenters. The predicted octanol–water partition coefficient (Wildman–Crippen LogP) is 3.68. The number of piperazine rings is 1. The molecule has 1 amide bonds. The standard InChI is InChI=1S/C23H32N4O2/c1-4-12-27(13-5-2)23(28)22-11-8-20(18-24-22)26-16-14-25(15-17-26)19-6-9-21(29-3)10-7-19/h6-11,18H,4-5,12-17H2,1-3H3. The minimum absolute atomic E-state index is 0.0320. The van der Waals surface area contributed by atoms with E-state index >= 15 is 0 Å². The van der Waals surface area contributed by atoms with Crippen molar-refractivity contribution in [2.45, 2.75) is 26.7 Å². The molecule has 1 aromatic carbocycles. The lowest BCUT2D eigenvalue weighted by Crippen LogP contribution is -2.46. The minimum Gasteiger partial charge on any atom is -0.497 e. The Morgan fingerprint density at radius 2 is 1.48 bits per heavy atom. The van der Waals surface area contributed by atoms with Crippen LogP contribution in [0.3, 0.4) is 0 Å². The lowest BCUT2D eigenvalue weighted by Gasteiger charge is -2.37. The Morgan fingerprint density at radius 1 is 0.931 bits per heavy atom. The Labute approximate surface area is 174 Å². The van der Waals surface area contributed by atoms with Crippen LogP contribution >= 0.6 is 0 Å². The molecule has 0 N–H and O–H groups in total. The smallest absolute Gasteiger partial charge is 0.272 e. The van der Waals surface area contributed by atoms with Gasteiger partial charge in [0.25, 0.3) is 5.91 Å². The first-order chi connectivity index (χ1) is 14.2. The van der Waals surface area contributed by atoms with Crippen LogP contribution in [0.4, 0.5) is 11.4 Å². The Hall–Kier alpha value is -2.76. The first-order valence-corrected chi connectivity index (χ1v) is 10.6. The van der Waals surface area contributed by atoms with Crippen molar-refractivity contribution in [2.24, 2.45) is 0 Å². The van der Waals surface area contributed by atoms with Gasteiger partial charge in [0.15, 0.2) is 0 Å². The van der Waals surface area contributed by atoms with Crippen LogP contribution in [-0.2, 0) is 0 Å². The average Bonchev–Trinajstić information content (AvgIpc) is 2.79. The second-order valence-corrected chi connectivity index (χ2v) is 7.37. The second kappa shape index (κ2) is 10.1. The van der Waals surface area contributed by atoms with Gasteiger partial charge in [0, 0.05) is 45.0 Å². The number of benzene rings is 1. The number of anilines is 2. The molecule has 6 nitrogen and oxygen atoms in total. The number of rotatable bonds is 8. The second-order valence-electron chi connectivity index (χ2n) is 7.37. The zero-order chi connectivity index (χ0) is 20.6. The van der Waals surface area contributed by atoms with Crippen LogP contribution in [-0.4, -0.2) is 62.2 Å². The van der Waals surface area contributed by atoms with Gasteiger partial charge >= 0.3 is 0 Å². The first kappa shape index (κ1) is 21.0. The highest BCUT2D eigenvalue weighted by Crippen LogP contribution is 2.22. The van der Waals surface area contributed by atoms with E-state index in [4.69, 9.17) is 4.74 Å². The maximum atomic E-state index is 12.7. The maximum Gasteiger partial charge on any atom is 0.272 e. The van der Waals surface area contributed by atoms with Crippen molar-refractivity contribution < 1.29 is 9.53 Å². The van der Waals surface area contributed by atoms with E-state index in [1.54, 1.807) is 7.11 Å². The molecule has 2 aromatic rings. The molecule has 29 heavy (non-hydrogen) atoms. The van der Waals surface area contributed by atoms with E-state index in [1.165, 1.54) is 5.69 Å². The normalized spacial score (nSPS) is 14.0. The van der Waals surface area contributed by atoms with Gasteiger partial charge in [-0.05, 0) is 49.2 Å². The van der Waals surface area contributed by atoms with Crippen LogP contribution in [0.2, 0.25) is 0 Å². The van der Waals surface area contributed by atoms with Crippen molar-refractivity contribution in [3.63, 3.8) is 0 Å². The Kier molecular flexibility index (Phi) is 7.33. The van der Waals surface area contributed by atoms with Crippen molar-refractivity contribution in [2.75, 3.05) is 56.2 Å². The zero-order valence-electron chi connectivity index (χ0n) is 17.8. The van der Waals surface area contributed by atoms with E-state index in [2.05, 4.69) is 40.8 Å². The van der Waals surface area contributed by atoms with Crippen LogP contribution in [0.15, 0.2) is 42.6 Å². The van der Waals surface area contributed by atoms with Crippen LogP contribution in [0.5, 0.6) is 5.75 Å². The summed E-state index contributed by atoms with van der Waals surface area (Å²) in [6.45, 7) is 9.52. The molecule has 0 radical (unpaired) electrons. The molecule has 2 heterocycles. The third-order valence-electron chi connectivity index (χ3n) is 5.32. The number of aromatic nitrogens is 1. The molecule has 1 aliphatic rings. The van der Waals surface area contributed by atoms with E-state index in [0.717, 1.165) is 63.5 Å².